The fourth-order valence-corrected chi connectivity index (χ4v) is 2.72. The molecule has 4 nitrogen and oxygen atoms in total. The molecule has 0 aliphatic carbocycles. The Hall–Kier alpha value is -1.10. The largest absolute Gasteiger partial charge is 0.497 e. The van der Waals surface area contributed by atoms with Crippen molar-refractivity contribution in [3.05, 3.63) is 29.8 Å². The first-order chi connectivity index (χ1) is 9.22. The third-order valence-electron chi connectivity index (χ3n) is 3.58. The van der Waals surface area contributed by atoms with Crippen LogP contribution in [0.1, 0.15) is 24.9 Å². The summed E-state index contributed by atoms with van der Waals surface area (Å²) >= 11 is 0. The van der Waals surface area contributed by atoms with Crippen LogP contribution in [0.25, 0.3) is 0 Å². The number of nitrogens with two attached hydrogens (primary N) is 1. The van der Waals surface area contributed by atoms with E-state index < -0.39 is 0 Å². The van der Waals surface area contributed by atoms with Crippen LogP contribution in [0.5, 0.6) is 5.75 Å². The fraction of sp³-hybridized carbons (Fsp3) is 0.600. The molecule has 2 atom stereocenters. The van der Waals surface area contributed by atoms with Crippen molar-refractivity contribution >= 4 is 0 Å². The van der Waals surface area contributed by atoms with Crippen LogP contribution in [0.2, 0.25) is 0 Å². The minimum atomic E-state index is 0.0743. The Morgan fingerprint density at radius 2 is 2.16 bits per heavy atom. The molecule has 1 heterocycles. The Kier molecular flexibility index (Phi) is 5.19. The van der Waals surface area contributed by atoms with Crippen LogP contribution in [0.3, 0.4) is 0 Å². The van der Waals surface area contributed by atoms with Crippen LogP contribution in [-0.2, 0) is 4.74 Å². The van der Waals surface area contributed by atoms with E-state index in [4.69, 9.17) is 15.2 Å². The van der Waals surface area contributed by atoms with Gasteiger partial charge >= 0.3 is 0 Å². The predicted molar refractivity (Wildman–Crippen MR) is 76.4 cm³/mol. The number of hydrogen-bond donors (Lipinski definition) is 1. The van der Waals surface area contributed by atoms with Gasteiger partial charge in [-0.1, -0.05) is 12.1 Å². The number of methoxy groups -OCH3 is 1. The molecule has 1 aromatic carbocycles. The average Bonchev–Trinajstić information content (AvgIpc) is 2.68. The monoisotopic (exact) mass is 264 g/mol. The Morgan fingerprint density at radius 1 is 1.32 bits per heavy atom. The first-order valence-corrected chi connectivity index (χ1v) is 6.93. The van der Waals surface area contributed by atoms with Crippen molar-refractivity contribution in [3.63, 3.8) is 0 Å². The third kappa shape index (κ3) is 3.69. The van der Waals surface area contributed by atoms with Crippen LogP contribution < -0.4 is 10.5 Å². The molecule has 0 spiro atoms. The van der Waals surface area contributed by atoms with Crippen LogP contribution in [0, 0.1) is 0 Å². The summed E-state index contributed by atoms with van der Waals surface area (Å²) in [5, 5.41) is 0. The van der Waals surface area contributed by atoms with Crippen molar-refractivity contribution < 1.29 is 9.47 Å². The van der Waals surface area contributed by atoms with Crippen molar-refractivity contribution in [1.29, 1.82) is 0 Å². The van der Waals surface area contributed by atoms with E-state index in [2.05, 4.69) is 24.0 Å². The second-order valence-corrected chi connectivity index (χ2v) is 5.08. The summed E-state index contributed by atoms with van der Waals surface area (Å²) in [6.07, 6.45) is 1.06. The Bertz CT molecular complexity index is 387. The van der Waals surface area contributed by atoms with Crippen LogP contribution >= 0.6 is 0 Å². The molecule has 2 N–H and O–H groups in total. The van der Waals surface area contributed by atoms with E-state index in [0.29, 0.717) is 0 Å². The SMILES string of the molecule is COc1cccc(C(C(C)N)N2CCCOCC2)c1. The molecule has 0 aromatic heterocycles. The zero-order chi connectivity index (χ0) is 13.7. The number of ether oxygens (including phenoxy) is 2. The fourth-order valence-electron chi connectivity index (χ4n) is 2.72. The van der Waals surface area contributed by atoms with E-state index in [1.165, 1.54) is 5.56 Å². The lowest BCUT2D eigenvalue weighted by atomic mass is 9.98. The molecule has 1 aliphatic heterocycles. The lowest BCUT2D eigenvalue weighted by Gasteiger charge is -2.33. The molecular formula is C15H24N2O2. The Labute approximate surface area is 115 Å². The van der Waals surface area contributed by atoms with E-state index in [9.17, 15) is 0 Å². The molecule has 2 unspecified atom stereocenters. The van der Waals surface area contributed by atoms with Gasteiger partial charge in [0.25, 0.3) is 0 Å². The quantitative estimate of drug-likeness (QED) is 0.901. The summed E-state index contributed by atoms with van der Waals surface area (Å²) < 4.78 is 10.8. The minimum Gasteiger partial charge on any atom is -0.497 e. The maximum absolute atomic E-state index is 6.22. The maximum atomic E-state index is 6.22. The maximum Gasteiger partial charge on any atom is 0.119 e. The summed E-state index contributed by atoms with van der Waals surface area (Å²) in [6, 6.07) is 8.50. The highest BCUT2D eigenvalue weighted by atomic mass is 16.5. The smallest absolute Gasteiger partial charge is 0.119 e. The zero-order valence-electron chi connectivity index (χ0n) is 11.8. The Morgan fingerprint density at radius 3 is 2.89 bits per heavy atom. The van der Waals surface area contributed by atoms with E-state index in [-0.39, 0.29) is 12.1 Å². The third-order valence-corrected chi connectivity index (χ3v) is 3.58. The normalized spacial score (nSPS) is 20.6. The van der Waals surface area contributed by atoms with Gasteiger partial charge in [-0.15, -0.1) is 0 Å². The second kappa shape index (κ2) is 6.89. The molecule has 0 saturated carbocycles. The molecule has 0 radical (unpaired) electrons. The summed E-state index contributed by atoms with van der Waals surface area (Å²) in [4.78, 5) is 2.42. The highest BCUT2D eigenvalue weighted by molar-refractivity contribution is 5.31. The summed E-state index contributed by atoms with van der Waals surface area (Å²) in [5.74, 6) is 0.884. The standard InChI is InChI=1S/C15H24N2O2/c1-12(16)15(17-7-4-9-19-10-8-17)13-5-3-6-14(11-13)18-2/h3,5-6,11-12,15H,4,7-10,16H2,1-2H3. The van der Waals surface area contributed by atoms with Gasteiger partial charge in [-0.2, -0.15) is 0 Å². The van der Waals surface area contributed by atoms with Gasteiger partial charge in [-0.25, -0.2) is 0 Å². The van der Waals surface area contributed by atoms with Crippen LogP contribution in [0.15, 0.2) is 24.3 Å². The number of nitrogens with zero attached hydrogens (tertiary/aromatic N) is 1. The van der Waals surface area contributed by atoms with Crippen molar-refractivity contribution in [2.24, 2.45) is 5.73 Å². The molecular weight excluding hydrogens is 240 g/mol. The highest BCUT2D eigenvalue weighted by Crippen LogP contribution is 2.27. The molecule has 1 aromatic rings. The van der Waals surface area contributed by atoms with Crippen LogP contribution in [0.4, 0.5) is 0 Å². The first kappa shape index (κ1) is 14.3. The summed E-state index contributed by atoms with van der Waals surface area (Å²) in [7, 11) is 1.69. The molecule has 1 saturated heterocycles. The van der Waals surface area contributed by atoms with E-state index in [1.54, 1.807) is 7.11 Å². The molecule has 19 heavy (non-hydrogen) atoms. The lowest BCUT2D eigenvalue weighted by Crippen LogP contribution is -2.40. The van der Waals surface area contributed by atoms with Gasteiger partial charge in [0.15, 0.2) is 0 Å². The number of hydrogen-bond acceptors (Lipinski definition) is 4. The molecule has 1 fully saturated rings. The highest BCUT2D eigenvalue weighted by Gasteiger charge is 2.25. The van der Waals surface area contributed by atoms with E-state index in [0.717, 1.165) is 38.5 Å². The second-order valence-electron chi connectivity index (χ2n) is 5.08. The molecule has 1 aliphatic rings. The predicted octanol–water partition coefficient (Wildman–Crippen LogP) is 1.81. The molecule has 4 heteroatoms. The van der Waals surface area contributed by atoms with Gasteiger partial charge < -0.3 is 15.2 Å². The van der Waals surface area contributed by atoms with Gasteiger partial charge in [0.1, 0.15) is 5.75 Å². The Balaban J connectivity index is 2.22. The van der Waals surface area contributed by atoms with Crippen molar-refractivity contribution in [2.45, 2.75) is 25.4 Å². The summed E-state index contributed by atoms with van der Waals surface area (Å²) in [5.41, 5.74) is 7.44. The topological polar surface area (TPSA) is 47.7 Å². The molecule has 0 bridgehead atoms. The molecule has 2 rings (SSSR count). The minimum absolute atomic E-state index is 0.0743. The van der Waals surface area contributed by atoms with E-state index in [1.807, 2.05) is 12.1 Å². The summed E-state index contributed by atoms with van der Waals surface area (Å²) in [6.45, 7) is 5.66. The van der Waals surface area contributed by atoms with Gasteiger partial charge in [0, 0.05) is 31.8 Å². The van der Waals surface area contributed by atoms with Crippen LogP contribution in [-0.4, -0.2) is 44.4 Å². The van der Waals surface area contributed by atoms with E-state index >= 15 is 0 Å². The van der Waals surface area contributed by atoms with Gasteiger partial charge in [0.2, 0.25) is 0 Å². The number of benzene rings is 1. The first-order valence-electron chi connectivity index (χ1n) is 6.93. The van der Waals surface area contributed by atoms with Gasteiger partial charge in [-0.3, -0.25) is 4.90 Å². The van der Waals surface area contributed by atoms with Gasteiger partial charge in [0.05, 0.1) is 13.7 Å². The lowest BCUT2D eigenvalue weighted by molar-refractivity contribution is 0.127. The van der Waals surface area contributed by atoms with Crippen molar-refractivity contribution in [1.82, 2.24) is 4.90 Å². The van der Waals surface area contributed by atoms with Crippen molar-refractivity contribution in [3.8, 4) is 5.75 Å². The zero-order valence-corrected chi connectivity index (χ0v) is 11.8. The van der Waals surface area contributed by atoms with Crippen molar-refractivity contribution in [2.75, 3.05) is 33.4 Å². The molecule has 106 valence electrons. The average molecular weight is 264 g/mol. The van der Waals surface area contributed by atoms with Gasteiger partial charge in [-0.05, 0) is 31.0 Å². The molecule has 0 amide bonds. The number of rotatable bonds is 4.